The number of anilines is 1. The monoisotopic (exact) mass is 244 g/mol. The van der Waals surface area contributed by atoms with Gasteiger partial charge in [-0.05, 0) is 24.3 Å². The van der Waals surface area contributed by atoms with Crippen LogP contribution in [-0.2, 0) is 11.3 Å². The van der Waals surface area contributed by atoms with Crippen LogP contribution in [0.2, 0.25) is 0 Å². The average molecular weight is 244 g/mol. The average Bonchev–Trinajstić information content (AvgIpc) is 2.90. The summed E-state index contributed by atoms with van der Waals surface area (Å²) in [5, 5.41) is 0. The van der Waals surface area contributed by atoms with E-state index >= 15 is 0 Å². The van der Waals surface area contributed by atoms with E-state index in [1.54, 1.807) is 11.2 Å². The largest absolute Gasteiger partial charge is 0.467 e. The second kappa shape index (κ2) is 6.02. The van der Waals surface area contributed by atoms with Gasteiger partial charge >= 0.3 is 0 Å². The molecule has 0 fully saturated rings. The lowest BCUT2D eigenvalue weighted by Gasteiger charge is -2.21. The van der Waals surface area contributed by atoms with Gasteiger partial charge in [-0.25, -0.2) is 0 Å². The van der Waals surface area contributed by atoms with E-state index in [0.29, 0.717) is 19.5 Å². The fraction of sp³-hybridized carbons (Fsp3) is 0.214. The molecule has 0 spiro atoms. The van der Waals surface area contributed by atoms with Gasteiger partial charge in [-0.3, -0.25) is 4.79 Å². The Morgan fingerprint density at radius 3 is 2.56 bits per heavy atom. The lowest BCUT2D eigenvalue weighted by molar-refractivity contribution is -0.118. The molecule has 2 N–H and O–H groups in total. The van der Waals surface area contributed by atoms with Crippen molar-refractivity contribution in [2.24, 2.45) is 5.73 Å². The molecule has 4 nitrogen and oxygen atoms in total. The summed E-state index contributed by atoms with van der Waals surface area (Å²) in [5.74, 6) is 0.754. The number of benzene rings is 1. The number of rotatable bonds is 5. The van der Waals surface area contributed by atoms with E-state index in [4.69, 9.17) is 10.2 Å². The molecule has 1 aromatic heterocycles. The Hall–Kier alpha value is -2.07. The van der Waals surface area contributed by atoms with Gasteiger partial charge in [0.15, 0.2) is 0 Å². The summed E-state index contributed by atoms with van der Waals surface area (Å²) in [6.07, 6.45) is 1.93. The van der Waals surface area contributed by atoms with Crippen LogP contribution in [0.15, 0.2) is 53.1 Å². The number of carbonyl (C=O) groups is 1. The van der Waals surface area contributed by atoms with E-state index < -0.39 is 0 Å². The first-order valence-electron chi connectivity index (χ1n) is 5.89. The molecule has 2 rings (SSSR count). The maximum Gasteiger partial charge on any atom is 0.228 e. The van der Waals surface area contributed by atoms with E-state index in [0.717, 1.165) is 11.4 Å². The predicted octanol–water partition coefficient (Wildman–Crippen LogP) is 2.16. The molecule has 1 amide bonds. The Morgan fingerprint density at radius 1 is 1.17 bits per heavy atom. The third kappa shape index (κ3) is 2.99. The highest BCUT2D eigenvalue weighted by Gasteiger charge is 2.16. The van der Waals surface area contributed by atoms with Crippen molar-refractivity contribution in [3.63, 3.8) is 0 Å². The molecule has 0 unspecified atom stereocenters. The highest BCUT2D eigenvalue weighted by atomic mass is 16.3. The van der Waals surface area contributed by atoms with Gasteiger partial charge in [-0.1, -0.05) is 18.2 Å². The lowest BCUT2D eigenvalue weighted by atomic mass is 10.2. The van der Waals surface area contributed by atoms with E-state index in [9.17, 15) is 4.79 Å². The summed E-state index contributed by atoms with van der Waals surface area (Å²) in [6.45, 7) is 0.774. The van der Waals surface area contributed by atoms with Crippen LogP contribution in [0.4, 0.5) is 5.69 Å². The second-order valence-corrected chi connectivity index (χ2v) is 3.93. The molecule has 0 radical (unpaired) electrons. The van der Waals surface area contributed by atoms with Crippen molar-refractivity contribution in [1.29, 1.82) is 0 Å². The number of furan rings is 1. The molecular formula is C14H16N2O2. The van der Waals surface area contributed by atoms with Gasteiger partial charge < -0.3 is 15.1 Å². The van der Waals surface area contributed by atoms with Crippen molar-refractivity contribution in [1.82, 2.24) is 0 Å². The van der Waals surface area contributed by atoms with Crippen LogP contribution in [0.3, 0.4) is 0 Å². The number of nitrogens with zero attached hydrogens (tertiary/aromatic N) is 1. The van der Waals surface area contributed by atoms with Gasteiger partial charge in [-0.15, -0.1) is 0 Å². The molecule has 0 aliphatic heterocycles. The molecule has 18 heavy (non-hydrogen) atoms. The number of para-hydroxylation sites is 1. The topological polar surface area (TPSA) is 59.5 Å². The first kappa shape index (κ1) is 12.4. The maximum atomic E-state index is 12.1. The summed E-state index contributed by atoms with van der Waals surface area (Å²) < 4.78 is 5.29. The Morgan fingerprint density at radius 2 is 1.94 bits per heavy atom. The van der Waals surface area contributed by atoms with Crippen LogP contribution in [-0.4, -0.2) is 12.5 Å². The Labute approximate surface area is 106 Å². The summed E-state index contributed by atoms with van der Waals surface area (Å²) in [7, 11) is 0. The van der Waals surface area contributed by atoms with E-state index in [2.05, 4.69) is 0 Å². The highest BCUT2D eigenvalue weighted by Crippen LogP contribution is 2.18. The van der Waals surface area contributed by atoms with Gasteiger partial charge in [-0.2, -0.15) is 0 Å². The van der Waals surface area contributed by atoms with Crippen LogP contribution in [0.5, 0.6) is 0 Å². The maximum absolute atomic E-state index is 12.1. The molecular weight excluding hydrogens is 228 g/mol. The van der Waals surface area contributed by atoms with Gasteiger partial charge in [0.1, 0.15) is 5.76 Å². The number of hydrogen-bond donors (Lipinski definition) is 1. The second-order valence-electron chi connectivity index (χ2n) is 3.93. The zero-order valence-electron chi connectivity index (χ0n) is 10.1. The molecule has 1 heterocycles. The fourth-order valence-electron chi connectivity index (χ4n) is 1.75. The van der Waals surface area contributed by atoms with Crippen molar-refractivity contribution >= 4 is 11.6 Å². The molecule has 0 saturated heterocycles. The first-order chi connectivity index (χ1) is 8.81. The summed E-state index contributed by atoms with van der Waals surface area (Å²) in [6, 6.07) is 13.2. The van der Waals surface area contributed by atoms with Gasteiger partial charge in [0.25, 0.3) is 0 Å². The van der Waals surface area contributed by atoms with Crippen molar-refractivity contribution < 1.29 is 9.21 Å². The van der Waals surface area contributed by atoms with E-state index in [1.807, 2.05) is 42.5 Å². The molecule has 94 valence electrons. The molecule has 0 saturated carbocycles. The van der Waals surface area contributed by atoms with Gasteiger partial charge in [0.2, 0.25) is 5.91 Å². The van der Waals surface area contributed by atoms with Crippen molar-refractivity contribution in [3.05, 3.63) is 54.5 Å². The van der Waals surface area contributed by atoms with Crippen LogP contribution in [0, 0.1) is 0 Å². The fourth-order valence-corrected chi connectivity index (χ4v) is 1.75. The zero-order valence-corrected chi connectivity index (χ0v) is 10.1. The Kier molecular flexibility index (Phi) is 4.15. The lowest BCUT2D eigenvalue weighted by Crippen LogP contribution is -2.31. The van der Waals surface area contributed by atoms with E-state index in [-0.39, 0.29) is 5.91 Å². The number of nitrogens with two attached hydrogens (primary N) is 1. The minimum atomic E-state index is 0.0000926. The Bertz CT molecular complexity index is 480. The minimum absolute atomic E-state index is 0.0000926. The van der Waals surface area contributed by atoms with E-state index in [1.165, 1.54) is 0 Å². The predicted molar refractivity (Wildman–Crippen MR) is 70.0 cm³/mol. The minimum Gasteiger partial charge on any atom is -0.467 e. The molecule has 4 heteroatoms. The van der Waals surface area contributed by atoms with Crippen LogP contribution in [0.25, 0.3) is 0 Å². The third-order valence-electron chi connectivity index (χ3n) is 2.62. The summed E-state index contributed by atoms with van der Waals surface area (Å²) >= 11 is 0. The SMILES string of the molecule is NCCC(=O)N(Cc1ccco1)c1ccccc1. The normalized spacial score (nSPS) is 10.3. The van der Waals surface area contributed by atoms with Crippen LogP contribution >= 0.6 is 0 Å². The standard InChI is InChI=1S/C14H16N2O2/c15-9-8-14(17)16(11-13-7-4-10-18-13)12-5-2-1-3-6-12/h1-7,10H,8-9,11,15H2. The molecule has 1 aromatic carbocycles. The highest BCUT2D eigenvalue weighted by molar-refractivity contribution is 5.93. The molecule has 2 aromatic rings. The van der Waals surface area contributed by atoms with Gasteiger partial charge in [0, 0.05) is 18.7 Å². The number of carbonyl (C=O) groups excluding carboxylic acids is 1. The third-order valence-corrected chi connectivity index (χ3v) is 2.62. The number of hydrogen-bond acceptors (Lipinski definition) is 3. The van der Waals surface area contributed by atoms with Crippen LogP contribution < -0.4 is 10.6 Å². The van der Waals surface area contributed by atoms with Crippen molar-refractivity contribution in [2.75, 3.05) is 11.4 Å². The summed E-state index contributed by atoms with van der Waals surface area (Å²) in [5.41, 5.74) is 6.30. The first-order valence-corrected chi connectivity index (χ1v) is 5.89. The molecule has 0 atom stereocenters. The summed E-state index contributed by atoms with van der Waals surface area (Å²) in [4.78, 5) is 13.8. The van der Waals surface area contributed by atoms with Crippen LogP contribution in [0.1, 0.15) is 12.2 Å². The molecule has 0 aliphatic carbocycles. The molecule has 0 aliphatic rings. The number of amides is 1. The van der Waals surface area contributed by atoms with Crippen molar-refractivity contribution in [2.45, 2.75) is 13.0 Å². The molecule has 0 bridgehead atoms. The quantitative estimate of drug-likeness (QED) is 0.876. The zero-order chi connectivity index (χ0) is 12.8. The Balaban J connectivity index is 2.20. The van der Waals surface area contributed by atoms with Crippen molar-refractivity contribution in [3.8, 4) is 0 Å². The smallest absolute Gasteiger partial charge is 0.228 e. The van der Waals surface area contributed by atoms with Gasteiger partial charge in [0.05, 0.1) is 12.8 Å².